The number of carbonyl (C=O) groups is 1. The molecule has 3 saturated carbocycles. The van der Waals surface area contributed by atoms with Gasteiger partial charge < -0.3 is 14.9 Å². The average Bonchev–Trinajstić information content (AvgIpc) is 2.99. The maximum absolute atomic E-state index is 11.4. The summed E-state index contributed by atoms with van der Waals surface area (Å²) in [5.41, 5.74) is 1.52. The van der Waals surface area contributed by atoms with Gasteiger partial charge >= 0.3 is 5.97 Å². The predicted octanol–water partition coefficient (Wildman–Crippen LogP) is 4.34. The van der Waals surface area contributed by atoms with E-state index >= 15 is 0 Å². The van der Waals surface area contributed by atoms with Gasteiger partial charge in [-0.15, -0.1) is 0 Å². The molecule has 2 unspecified atom stereocenters. The van der Waals surface area contributed by atoms with Gasteiger partial charge in [-0.25, -0.2) is 0 Å². The van der Waals surface area contributed by atoms with E-state index in [2.05, 4.69) is 27.4 Å². The van der Waals surface area contributed by atoms with Crippen LogP contribution in [-0.4, -0.2) is 35.5 Å². The van der Waals surface area contributed by atoms with Gasteiger partial charge in [0, 0.05) is 19.4 Å². The molecule has 0 aromatic heterocycles. The third-order valence-corrected chi connectivity index (χ3v) is 9.08. The van der Waals surface area contributed by atoms with Crippen molar-refractivity contribution in [3.63, 3.8) is 0 Å². The summed E-state index contributed by atoms with van der Waals surface area (Å²) >= 11 is 0. The zero-order valence-corrected chi connectivity index (χ0v) is 18.2. The van der Waals surface area contributed by atoms with Crippen molar-refractivity contribution >= 4 is 5.97 Å². The van der Waals surface area contributed by atoms with E-state index < -0.39 is 0 Å². The molecule has 3 rings (SSSR count). The summed E-state index contributed by atoms with van der Waals surface area (Å²) in [5, 5.41) is 20.8. The minimum Gasteiger partial charge on any atom is -0.466 e. The van der Waals surface area contributed by atoms with Gasteiger partial charge in [0.2, 0.25) is 0 Å². The average molecular weight is 393 g/mol. The van der Waals surface area contributed by atoms with Crippen LogP contribution in [0.25, 0.3) is 0 Å². The summed E-state index contributed by atoms with van der Waals surface area (Å²) in [6.07, 6.45) is 6.76. The van der Waals surface area contributed by atoms with Crippen molar-refractivity contribution in [2.75, 3.05) is 13.2 Å². The van der Waals surface area contributed by atoms with Crippen molar-refractivity contribution in [2.45, 2.75) is 78.7 Å². The highest BCUT2D eigenvalue weighted by Gasteiger charge is 2.58. The van der Waals surface area contributed by atoms with E-state index in [4.69, 9.17) is 4.74 Å². The molecule has 0 aromatic rings. The van der Waals surface area contributed by atoms with E-state index in [0.717, 1.165) is 19.3 Å². The Labute approximate surface area is 170 Å². The highest BCUT2D eigenvalue weighted by atomic mass is 16.5. The van der Waals surface area contributed by atoms with Crippen molar-refractivity contribution in [1.82, 2.24) is 0 Å². The van der Waals surface area contributed by atoms with Crippen LogP contribution >= 0.6 is 0 Å². The fourth-order valence-electron chi connectivity index (χ4n) is 7.53. The molecule has 0 spiro atoms. The number of allylic oxidation sites excluding steroid dienone is 1. The standard InChI is InChI=1S/C24H40O4/c1-15(2)20-6-7-21-19(13-25)22(9-11-24(20,21)5)23(4)10-8-18(27)12-17(23)14-28-16(3)26/h17-22,25,27H,1,6-14H2,2-5H3/t17-,18+,19+,20-,21?,22?,23+,24-/m1/s1. The molecule has 0 heterocycles. The molecule has 0 saturated heterocycles. The van der Waals surface area contributed by atoms with Gasteiger partial charge in [-0.2, -0.15) is 0 Å². The van der Waals surface area contributed by atoms with Crippen LogP contribution in [0.3, 0.4) is 0 Å². The highest BCUT2D eigenvalue weighted by molar-refractivity contribution is 5.65. The third kappa shape index (κ3) is 3.67. The second-order valence-corrected chi connectivity index (χ2v) is 10.5. The van der Waals surface area contributed by atoms with Gasteiger partial charge in [0.05, 0.1) is 12.7 Å². The fourth-order valence-corrected chi connectivity index (χ4v) is 7.53. The lowest BCUT2D eigenvalue weighted by Gasteiger charge is -2.57. The normalized spacial score (nSPS) is 46.1. The molecule has 28 heavy (non-hydrogen) atoms. The van der Waals surface area contributed by atoms with E-state index in [-0.39, 0.29) is 41.3 Å². The molecular weight excluding hydrogens is 352 g/mol. The van der Waals surface area contributed by atoms with Crippen LogP contribution in [0, 0.1) is 40.4 Å². The molecule has 4 heteroatoms. The predicted molar refractivity (Wildman–Crippen MR) is 111 cm³/mol. The van der Waals surface area contributed by atoms with E-state index in [1.54, 1.807) is 0 Å². The minimum absolute atomic E-state index is 0.00921. The zero-order valence-electron chi connectivity index (χ0n) is 18.2. The third-order valence-electron chi connectivity index (χ3n) is 9.08. The van der Waals surface area contributed by atoms with Crippen LogP contribution in [0.4, 0.5) is 0 Å². The lowest BCUT2D eigenvalue weighted by Crippen LogP contribution is -2.52. The van der Waals surface area contributed by atoms with Gasteiger partial charge in [-0.3, -0.25) is 4.79 Å². The lowest BCUT2D eigenvalue weighted by molar-refractivity contribution is -0.151. The van der Waals surface area contributed by atoms with Crippen molar-refractivity contribution in [3.05, 3.63) is 12.2 Å². The molecule has 0 bridgehead atoms. The summed E-state index contributed by atoms with van der Waals surface area (Å²) in [6.45, 7) is 13.2. The van der Waals surface area contributed by atoms with Gasteiger partial charge in [-0.05, 0) is 86.4 Å². The van der Waals surface area contributed by atoms with E-state index in [9.17, 15) is 15.0 Å². The molecule has 8 atom stereocenters. The molecule has 0 amide bonds. The molecule has 3 aliphatic rings. The first kappa shape index (κ1) is 21.8. The maximum atomic E-state index is 11.4. The summed E-state index contributed by atoms with van der Waals surface area (Å²) < 4.78 is 5.42. The molecule has 0 radical (unpaired) electrons. The monoisotopic (exact) mass is 392 g/mol. The molecule has 4 nitrogen and oxygen atoms in total. The van der Waals surface area contributed by atoms with Crippen molar-refractivity contribution in [3.8, 4) is 0 Å². The first-order valence-corrected chi connectivity index (χ1v) is 11.2. The Morgan fingerprint density at radius 3 is 2.32 bits per heavy atom. The Morgan fingerprint density at radius 2 is 1.71 bits per heavy atom. The number of rotatable bonds is 5. The van der Waals surface area contributed by atoms with Crippen LogP contribution in [0.1, 0.15) is 72.6 Å². The Bertz CT molecular complexity index is 601. The smallest absolute Gasteiger partial charge is 0.302 e. The van der Waals surface area contributed by atoms with Gasteiger partial charge in [-0.1, -0.05) is 26.0 Å². The Morgan fingerprint density at radius 1 is 1.07 bits per heavy atom. The first-order chi connectivity index (χ1) is 13.1. The number of aliphatic hydroxyl groups is 2. The van der Waals surface area contributed by atoms with Gasteiger partial charge in [0.1, 0.15) is 0 Å². The number of hydrogen-bond acceptors (Lipinski definition) is 4. The van der Waals surface area contributed by atoms with Crippen LogP contribution in [0.5, 0.6) is 0 Å². The van der Waals surface area contributed by atoms with Crippen LogP contribution in [-0.2, 0) is 9.53 Å². The first-order valence-electron chi connectivity index (χ1n) is 11.2. The Balaban J connectivity index is 1.87. The Hall–Kier alpha value is -0.870. The molecule has 3 aliphatic carbocycles. The number of fused-ring (bicyclic) bond motifs is 1. The van der Waals surface area contributed by atoms with E-state index in [0.29, 0.717) is 30.8 Å². The number of aliphatic hydroxyl groups excluding tert-OH is 2. The summed E-state index contributed by atoms with van der Waals surface area (Å²) in [4.78, 5) is 11.4. The Kier molecular flexibility index (Phi) is 6.32. The van der Waals surface area contributed by atoms with Crippen LogP contribution in [0.15, 0.2) is 12.2 Å². The largest absolute Gasteiger partial charge is 0.466 e. The van der Waals surface area contributed by atoms with Crippen LogP contribution < -0.4 is 0 Å². The molecule has 3 fully saturated rings. The topological polar surface area (TPSA) is 66.8 Å². The molecule has 160 valence electrons. The van der Waals surface area contributed by atoms with Crippen LogP contribution in [0.2, 0.25) is 0 Å². The van der Waals surface area contributed by atoms with Crippen molar-refractivity contribution < 1.29 is 19.7 Å². The number of ether oxygens (including phenoxy) is 1. The van der Waals surface area contributed by atoms with E-state index in [1.807, 2.05) is 0 Å². The quantitative estimate of drug-likeness (QED) is 0.539. The molecule has 2 N–H and O–H groups in total. The molecular formula is C24H40O4. The number of carbonyl (C=O) groups excluding carboxylic acids is 1. The number of hydrogen-bond donors (Lipinski definition) is 2. The number of esters is 1. The second-order valence-electron chi connectivity index (χ2n) is 10.5. The zero-order chi connectivity index (χ0) is 20.7. The van der Waals surface area contributed by atoms with E-state index in [1.165, 1.54) is 31.8 Å². The summed E-state index contributed by atoms with van der Waals surface area (Å²) in [7, 11) is 0. The van der Waals surface area contributed by atoms with Crippen molar-refractivity contribution in [1.29, 1.82) is 0 Å². The van der Waals surface area contributed by atoms with Gasteiger partial charge in [0.15, 0.2) is 0 Å². The SMILES string of the molecule is C=C(C)[C@H]1CCC2[C@H](CO)C([C@@]3(C)CC[C@H](O)C[C@@H]3COC(C)=O)CC[C@@]21C. The summed E-state index contributed by atoms with van der Waals surface area (Å²) in [6, 6.07) is 0. The minimum atomic E-state index is -0.311. The molecule has 0 aromatic carbocycles. The summed E-state index contributed by atoms with van der Waals surface area (Å²) in [5.74, 6) is 1.68. The highest BCUT2D eigenvalue weighted by Crippen LogP contribution is 2.64. The lowest BCUT2D eigenvalue weighted by atomic mass is 9.48. The molecule has 0 aliphatic heterocycles. The van der Waals surface area contributed by atoms with Crippen molar-refractivity contribution in [2.24, 2.45) is 40.4 Å². The maximum Gasteiger partial charge on any atom is 0.302 e. The fraction of sp³-hybridized carbons (Fsp3) is 0.875. The second kappa shape index (κ2) is 8.10. The van der Waals surface area contributed by atoms with Gasteiger partial charge in [0.25, 0.3) is 0 Å².